The summed E-state index contributed by atoms with van der Waals surface area (Å²) in [5, 5.41) is 14.3. The van der Waals surface area contributed by atoms with Gasteiger partial charge in [0.2, 0.25) is 0 Å². The lowest BCUT2D eigenvalue weighted by Crippen LogP contribution is -1.95. The quantitative estimate of drug-likeness (QED) is 0.724. The highest BCUT2D eigenvalue weighted by Crippen LogP contribution is 2.30. The van der Waals surface area contributed by atoms with Gasteiger partial charge in [-0.2, -0.15) is 10.4 Å². The maximum Gasteiger partial charge on any atom is 0.162 e. The third-order valence-corrected chi connectivity index (χ3v) is 3.99. The van der Waals surface area contributed by atoms with Crippen molar-refractivity contribution in [1.82, 2.24) is 14.8 Å². The Bertz CT molecular complexity index is 809. The molecule has 0 saturated carbocycles. The molecule has 0 bridgehead atoms. The Labute approximate surface area is 120 Å². The third kappa shape index (κ3) is 2.12. The number of anilines is 1. The summed E-state index contributed by atoms with van der Waals surface area (Å²) in [6, 6.07) is 8.44. The number of hydrogen-bond acceptors (Lipinski definition) is 4. The van der Waals surface area contributed by atoms with Gasteiger partial charge in [0, 0.05) is 24.1 Å². The fourth-order valence-electron chi connectivity index (χ4n) is 2.05. The maximum absolute atomic E-state index is 9.08. The molecule has 0 aliphatic carbocycles. The SMILES string of the molecule is Cc1ccc2c(SNc3cnn(C)c3C#N)c[nH]c2c1. The van der Waals surface area contributed by atoms with Gasteiger partial charge in [-0.1, -0.05) is 12.1 Å². The zero-order valence-corrected chi connectivity index (χ0v) is 12.0. The molecule has 2 N–H and O–H groups in total. The summed E-state index contributed by atoms with van der Waals surface area (Å²) < 4.78 is 4.74. The fraction of sp³-hybridized carbons (Fsp3) is 0.143. The molecule has 0 spiro atoms. The van der Waals surface area contributed by atoms with Gasteiger partial charge in [0.25, 0.3) is 0 Å². The van der Waals surface area contributed by atoms with E-state index in [9.17, 15) is 0 Å². The van der Waals surface area contributed by atoms with Crippen LogP contribution in [0.3, 0.4) is 0 Å². The molecule has 0 amide bonds. The van der Waals surface area contributed by atoms with E-state index in [-0.39, 0.29) is 0 Å². The number of aromatic amines is 1. The summed E-state index contributed by atoms with van der Waals surface area (Å²) in [5.74, 6) is 0. The first-order chi connectivity index (χ1) is 9.69. The fourth-order valence-corrected chi connectivity index (χ4v) is 2.83. The average molecular weight is 283 g/mol. The molecule has 1 aromatic carbocycles. The number of fused-ring (bicyclic) bond motifs is 1. The van der Waals surface area contributed by atoms with Crippen LogP contribution < -0.4 is 4.72 Å². The number of nitrogens with zero attached hydrogens (tertiary/aromatic N) is 3. The van der Waals surface area contributed by atoms with Crippen LogP contribution in [0.15, 0.2) is 35.5 Å². The van der Waals surface area contributed by atoms with E-state index < -0.39 is 0 Å². The summed E-state index contributed by atoms with van der Waals surface area (Å²) in [7, 11) is 1.75. The van der Waals surface area contributed by atoms with Gasteiger partial charge in [-0.15, -0.1) is 0 Å². The van der Waals surface area contributed by atoms with Gasteiger partial charge in [0.15, 0.2) is 5.69 Å². The Morgan fingerprint density at radius 2 is 2.30 bits per heavy atom. The Hall–Kier alpha value is -2.39. The minimum atomic E-state index is 0.521. The second-order valence-electron chi connectivity index (χ2n) is 4.55. The van der Waals surface area contributed by atoms with E-state index >= 15 is 0 Å². The highest BCUT2D eigenvalue weighted by Gasteiger charge is 2.09. The zero-order valence-electron chi connectivity index (χ0n) is 11.1. The van der Waals surface area contributed by atoms with E-state index in [1.165, 1.54) is 17.5 Å². The van der Waals surface area contributed by atoms with Gasteiger partial charge < -0.3 is 9.71 Å². The molecule has 0 fully saturated rings. The summed E-state index contributed by atoms with van der Waals surface area (Å²) in [4.78, 5) is 4.34. The first-order valence-corrected chi connectivity index (χ1v) is 6.93. The number of hydrogen-bond donors (Lipinski definition) is 2. The molecule has 100 valence electrons. The lowest BCUT2D eigenvalue weighted by atomic mass is 10.2. The maximum atomic E-state index is 9.08. The minimum Gasteiger partial charge on any atom is -0.360 e. The highest BCUT2D eigenvalue weighted by atomic mass is 32.2. The largest absolute Gasteiger partial charge is 0.360 e. The Morgan fingerprint density at radius 3 is 3.10 bits per heavy atom. The molecule has 20 heavy (non-hydrogen) atoms. The van der Waals surface area contributed by atoms with Crippen LogP contribution in [-0.2, 0) is 7.05 Å². The molecular formula is C14H13N5S. The van der Waals surface area contributed by atoms with Crippen LogP contribution in [0.1, 0.15) is 11.3 Å². The van der Waals surface area contributed by atoms with Crippen LogP contribution >= 0.6 is 11.9 Å². The molecule has 0 aliphatic heterocycles. The van der Waals surface area contributed by atoms with Crippen molar-refractivity contribution in [2.45, 2.75) is 11.8 Å². The van der Waals surface area contributed by atoms with E-state index in [0.29, 0.717) is 5.69 Å². The second-order valence-corrected chi connectivity index (χ2v) is 5.40. The van der Waals surface area contributed by atoms with E-state index in [1.807, 2.05) is 6.20 Å². The molecule has 0 atom stereocenters. The summed E-state index contributed by atoms with van der Waals surface area (Å²) >= 11 is 1.47. The Kier molecular flexibility index (Phi) is 3.12. The van der Waals surface area contributed by atoms with Crippen LogP contribution in [0, 0.1) is 18.3 Å². The smallest absolute Gasteiger partial charge is 0.162 e. The number of nitrogens with one attached hydrogen (secondary N) is 2. The van der Waals surface area contributed by atoms with Crippen LogP contribution in [-0.4, -0.2) is 14.8 Å². The van der Waals surface area contributed by atoms with Crippen molar-refractivity contribution in [2.75, 3.05) is 4.72 Å². The topological polar surface area (TPSA) is 69.4 Å². The summed E-state index contributed by atoms with van der Waals surface area (Å²) in [6.07, 6.45) is 3.62. The monoisotopic (exact) mass is 283 g/mol. The molecule has 0 saturated heterocycles. The number of benzene rings is 1. The Balaban J connectivity index is 1.85. The van der Waals surface area contributed by atoms with Gasteiger partial charge >= 0.3 is 0 Å². The first-order valence-electron chi connectivity index (χ1n) is 6.11. The molecule has 5 nitrogen and oxygen atoms in total. The van der Waals surface area contributed by atoms with Gasteiger partial charge in [-0.3, -0.25) is 4.68 Å². The van der Waals surface area contributed by atoms with E-state index in [2.05, 4.69) is 46.0 Å². The molecule has 6 heteroatoms. The van der Waals surface area contributed by atoms with Crippen molar-refractivity contribution in [3.8, 4) is 6.07 Å². The molecular weight excluding hydrogens is 270 g/mol. The van der Waals surface area contributed by atoms with Crippen LogP contribution in [0.5, 0.6) is 0 Å². The van der Waals surface area contributed by atoms with Crippen molar-refractivity contribution < 1.29 is 0 Å². The molecule has 2 aromatic heterocycles. The standard InChI is InChI=1S/C14H13N5S/c1-9-3-4-10-11(5-9)16-8-14(10)20-18-12-7-17-19(2)13(12)6-15/h3-5,7-8,16,18H,1-2H3. The lowest BCUT2D eigenvalue weighted by molar-refractivity contribution is 0.756. The molecule has 0 unspecified atom stereocenters. The van der Waals surface area contributed by atoms with E-state index in [0.717, 1.165) is 21.5 Å². The van der Waals surface area contributed by atoms with Crippen molar-refractivity contribution in [1.29, 1.82) is 5.26 Å². The highest BCUT2D eigenvalue weighted by molar-refractivity contribution is 8.00. The number of rotatable bonds is 3. The van der Waals surface area contributed by atoms with Crippen molar-refractivity contribution >= 4 is 28.5 Å². The second kappa shape index (κ2) is 4.94. The summed E-state index contributed by atoms with van der Waals surface area (Å²) in [5.41, 5.74) is 3.58. The zero-order chi connectivity index (χ0) is 14.1. The summed E-state index contributed by atoms with van der Waals surface area (Å²) in [6.45, 7) is 2.07. The third-order valence-electron chi connectivity index (χ3n) is 3.11. The normalized spacial score (nSPS) is 10.7. The van der Waals surface area contributed by atoms with Gasteiger partial charge in [0.05, 0.1) is 11.1 Å². The Morgan fingerprint density at radius 1 is 1.45 bits per heavy atom. The molecule has 0 radical (unpaired) electrons. The van der Waals surface area contributed by atoms with Gasteiger partial charge in [0.1, 0.15) is 11.8 Å². The van der Waals surface area contributed by atoms with Gasteiger partial charge in [-0.05, 0) is 30.5 Å². The van der Waals surface area contributed by atoms with E-state index in [4.69, 9.17) is 5.26 Å². The van der Waals surface area contributed by atoms with Crippen LogP contribution in [0.2, 0.25) is 0 Å². The minimum absolute atomic E-state index is 0.521. The van der Waals surface area contributed by atoms with Crippen molar-refractivity contribution in [3.63, 3.8) is 0 Å². The average Bonchev–Trinajstić information content (AvgIpc) is 2.99. The van der Waals surface area contributed by atoms with Crippen molar-refractivity contribution in [3.05, 3.63) is 41.9 Å². The molecule has 0 aliphatic rings. The van der Waals surface area contributed by atoms with Crippen LogP contribution in [0.25, 0.3) is 10.9 Å². The molecule has 2 heterocycles. The lowest BCUT2D eigenvalue weighted by Gasteiger charge is -2.02. The predicted octanol–water partition coefficient (Wildman–Crippen LogP) is 3.20. The first kappa shape index (κ1) is 12.6. The number of aromatic nitrogens is 3. The number of nitriles is 1. The number of aryl methyl sites for hydroxylation is 2. The van der Waals surface area contributed by atoms with E-state index in [1.54, 1.807) is 17.9 Å². The molecule has 3 aromatic rings. The predicted molar refractivity (Wildman–Crippen MR) is 80.4 cm³/mol. The van der Waals surface area contributed by atoms with Crippen molar-refractivity contribution in [2.24, 2.45) is 7.05 Å². The van der Waals surface area contributed by atoms with Crippen LogP contribution in [0.4, 0.5) is 5.69 Å². The van der Waals surface area contributed by atoms with Gasteiger partial charge in [-0.25, -0.2) is 0 Å². The number of H-pyrrole nitrogens is 1. The molecule has 3 rings (SSSR count).